The molecule has 0 aromatic rings. The summed E-state index contributed by atoms with van der Waals surface area (Å²) < 4.78 is 0. The Labute approximate surface area is 90.8 Å². The predicted molar refractivity (Wildman–Crippen MR) is 63.5 cm³/mol. The van der Waals surface area contributed by atoms with E-state index in [1.54, 1.807) is 0 Å². The van der Waals surface area contributed by atoms with Crippen LogP contribution in [0.4, 0.5) is 0 Å². The fraction of sp³-hybridized carbons (Fsp3) is 0.800. The topological polar surface area (TPSA) is 103 Å². The summed E-state index contributed by atoms with van der Waals surface area (Å²) in [4.78, 5) is 7.90. The Morgan fingerprint density at radius 2 is 1.73 bits per heavy atom. The third kappa shape index (κ3) is 4.18. The van der Waals surface area contributed by atoms with Gasteiger partial charge in [-0.25, -0.2) is 0 Å². The number of hydrogen-bond donors (Lipinski definition) is 3. The molecular weight excluding hydrogens is 190 g/mol. The van der Waals surface area contributed by atoms with Gasteiger partial charge in [0.15, 0.2) is 5.96 Å². The SMILES string of the molecule is CC1(CN=C(N)N=C(N)N)CCCCC1. The van der Waals surface area contributed by atoms with Gasteiger partial charge in [0.2, 0.25) is 5.96 Å². The fourth-order valence-corrected chi connectivity index (χ4v) is 2.00. The molecule has 1 aliphatic carbocycles. The Balaban J connectivity index is 2.50. The summed E-state index contributed by atoms with van der Waals surface area (Å²) >= 11 is 0. The molecule has 0 radical (unpaired) electrons. The largest absolute Gasteiger partial charge is 0.370 e. The van der Waals surface area contributed by atoms with Gasteiger partial charge in [-0.15, -0.1) is 0 Å². The Morgan fingerprint density at radius 1 is 1.13 bits per heavy atom. The van der Waals surface area contributed by atoms with E-state index in [4.69, 9.17) is 17.2 Å². The molecule has 1 aliphatic rings. The zero-order valence-electron chi connectivity index (χ0n) is 9.37. The lowest BCUT2D eigenvalue weighted by molar-refractivity contribution is 0.227. The molecule has 0 atom stereocenters. The molecule has 15 heavy (non-hydrogen) atoms. The summed E-state index contributed by atoms with van der Waals surface area (Å²) in [5.74, 6) is 0.145. The van der Waals surface area contributed by atoms with Gasteiger partial charge < -0.3 is 17.2 Å². The number of aliphatic imine (C=N–C) groups is 2. The van der Waals surface area contributed by atoms with Gasteiger partial charge in [-0.05, 0) is 18.3 Å². The average Bonchev–Trinajstić information content (AvgIpc) is 2.15. The smallest absolute Gasteiger partial charge is 0.218 e. The van der Waals surface area contributed by atoms with Gasteiger partial charge >= 0.3 is 0 Å². The highest BCUT2D eigenvalue weighted by Crippen LogP contribution is 2.35. The maximum Gasteiger partial charge on any atom is 0.218 e. The molecule has 0 aliphatic heterocycles. The van der Waals surface area contributed by atoms with Crippen LogP contribution >= 0.6 is 0 Å². The average molecular weight is 211 g/mol. The normalized spacial score (nSPS) is 21.0. The van der Waals surface area contributed by atoms with Crippen LogP contribution in [0.3, 0.4) is 0 Å². The fourth-order valence-electron chi connectivity index (χ4n) is 2.00. The van der Waals surface area contributed by atoms with Crippen LogP contribution in [0, 0.1) is 5.41 Å². The van der Waals surface area contributed by atoms with Gasteiger partial charge in [0.25, 0.3) is 0 Å². The molecule has 1 rings (SSSR count). The van der Waals surface area contributed by atoms with E-state index in [0.29, 0.717) is 0 Å². The molecule has 0 heterocycles. The van der Waals surface area contributed by atoms with E-state index in [2.05, 4.69) is 16.9 Å². The number of rotatable bonds is 2. The van der Waals surface area contributed by atoms with E-state index in [0.717, 1.165) is 6.54 Å². The van der Waals surface area contributed by atoms with Crippen LogP contribution in [0.5, 0.6) is 0 Å². The maximum atomic E-state index is 5.55. The van der Waals surface area contributed by atoms with E-state index in [9.17, 15) is 0 Å². The number of hydrogen-bond acceptors (Lipinski definition) is 1. The summed E-state index contributed by atoms with van der Waals surface area (Å²) in [5.41, 5.74) is 16.2. The highest BCUT2D eigenvalue weighted by Gasteiger charge is 2.26. The summed E-state index contributed by atoms with van der Waals surface area (Å²) in [5, 5.41) is 0. The van der Waals surface area contributed by atoms with Gasteiger partial charge in [-0.1, -0.05) is 26.2 Å². The number of nitrogens with two attached hydrogens (primary N) is 3. The lowest BCUT2D eigenvalue weighted by Crippen LogP contribution is -2.28. The minimum atomic E-state index is -0.0370. The molecule has 0 unspecified atom stereocenters. The van der Waals surface area contributed by atoms with Crippen molar-refractivity contribution < 1.29 is 0 Å². The molecule has 0 aromatic heterocycles. The Kier molecular flexibility index (Phi) is 3.94. The molecule has 1 fully saturated rings. The zero-order valence-corrected chi connectivity index (χ0v) is 9.37. The molecule has 0 aromatic carbocycles. The molecule has 5 heteroatoms. The predicted octanol–water partition coefficient (Wildman–Crippen LogP) is 0.545. The van der Waals surface area contributed by atoms with Crippen molar-refractivity contribution in [1.29, 1.82) is 0 Å². The molecule has 1 saturated carbocycles. The van der Waals surface area contributed by atoms with E-state index < -0.39 is 0 Å². The second-order valence-corrected chi connectivity index (χ2v) is 4.58. The van der Waals surface area contributed by atoms with E-state index >= 15 is 0 Å². The maximum absolute atomic E-state index is 5.55. The molecule has 0 saturated heterocycles. The van der Waals surface area contributed by atoms with Crippen molar-refractivity contribution in [2.75, 3.05) is 6.54 Å². The van der Waals surface area contributed by atoms with Gasteiger partial charge in [0.1, 0.15) is 0 Å². The first kappa shape index (κ1) is 11.8. The first-order valence-electron chi connectivity index (χ1n) is 5.41. The van der Waals surface area contributed by atoms with Crippen LogP contribution in [0.1, 0.15) is 39.0 Å². The molecule has 0 spiro atoms. The Morgan fingerprint density at radius 3 is 2.27 bits per heavy atom. The highest BCUT2D eigenvalue weighted by atomic mass is 15.1. The third-order valence-corrected chi connectivity index (χ3v) is 2.93. The summed E-state index contributed by atoms with van der Waals surface area (Å²) in [7, 11) is 0. The lowest BCUT2D eigenvalue weighted by Gasteiger charge is -2.31. The van der Waals surface area contributed by atoms with E-state index in [-0.39, 0.29) is 17.3 Å². The van der Waals surface area contributed by atoms with Crippen LogP contribution in [0.15, 0.2) is 9.98 Å². The van der Waals surface area contributed by atoms with Gasteiger partial charge in [0, 0.05) is 6.54 Å². The summed E-state index contributed by atoms with van der Waals surface area (Å²) in [6.45, 7) is 2.97. The Bertz CT molecular complexity index is 259. The minimum Gasteiger partial charge on any atom is -0.370 e. The van der Waals surface area contributed by atoms with Crippen LogP contribution in [-0.4, -0.2) is 18.5 Å². The molecular formula is C10H21N5. The highest BCUT2D eigenvalue weighted by molar-refractivity contribution is 5.92. The van der Waals surface area contributed by atoms with Gasteiger partial charge in [0.05, 0.1) is 0 Å². The third-order valence-electron chi connectivity index (χ3n) is 2.93. The number of nitrogens with zero attached hydrogens (tertiary/aromatic N) is 2. The quantitative estimate of drug-likeness (QED) is 0.459. The van der Waals surface area contributed by atoms with Gasteiger partial charge in [-0.3, -0.25) is 4.99 Å². The Hall–Kier alpha value is -1.26. The summed E-state index contributed by atoms with van der Waals surface area (Å²) in [6.07, 6.45) is 6.34. The summed E-state index contributed by atoms with van der Waals surface area (Å²) in [6, 6.07) is 0. The van der Waals surface area contributed by atoms with Crippen LogP contribution in [0.25, 0.3) is 0 Å². The monoisotopic (exact) mass is 211 g/mol. The first-order valence-corrected chi connectivity index (χ1v) is 5.41. The van der Waals surface area contributed by atoms with Crippen molar-refractivity contribution in [2.24, 2.45) is 32.6 Å². The van der Waals surface area contributed by atoms with Crippen molar-refractivity contribution in [3.8, 4) is 0 Å². The minimum absolute atomic E-state index is 0.0370. The van der Waals surface area contributed by atoms with E-state index in [1.165, 1.54) is 32.1 Å². The van der Waals surface area contributed by atoms with Crippen LogP contribution in [-0.2, 0) is 0 Å². The van der Waals surface area contributed by atoms with Crippen LogP contribution < -0.4 is 17.2 Å². The van der Waals surface area contributed by atoms with Crippen molar-refractivity contribution in [3.63, 3.8) is 0 Å². The molecule has 6 N–H and O–H groups in total. The molecule has 0 bridgehead atoms. The van der Waals surface area contributed by atoms with Crippen LogP contribution in [0.2, 0.25) is 0 Å². The zero-order chi connectivity index (χ0) is 11.3. The standard InChI is InChI=1S/C10H21N5/c1-10(5-3-2-4-6-10)7-14-9(13)15-8(11)12/h2-7H2,1H3,(H6,11,12,13,14,15). The first-order chi connectivity index (χ1) is 7.02. The molecule has 0 amide bonds. The number of guanidine groups is 2. The lowest BCUT2D eigenvalue weighted by atomic mass is 9.76. The van der Waals surface area contributed by atoms with Crippen molar-refractivity contribution in [2.45, 2.75) is 39.0 Å². The van der Waals surface area contributed by atoms with Gasteiger partial charge in [-0.2, -0.15) is 4.99 Å². The van der Waals surface area contributed by atoms with Crippen molar-refractivity contribution >= 4 is 11.9 Å². The van der Waals surface area contributed by atoms with Crippen molar-refractivity contribution in [1.82, 2.24) is 0 Å². The second kappa shape index (κ2) is 5.00. The molecule has 86 valence electrons. The van der Waals surface area contributed by atoms with Crippen molar-refractivity contribution in [3.05, 3.63) is 0 Å². The van der Waals surface area contributed by atoms with E-state index in [1.807, 2.05) is 0 Å². The second-order valence-electron chi connectivity index (χ2n) is 4.58. The molecule has 5 nitrogen and oxygen atoms in total.